The largest absolute Gasteiger partial charge is 0.452 e. The molecule has 1 aliphatic rings. The Morgan fingerprint density at radius 1 is 1.29 bits per heavy atom. The van der Waals surface area contributed by atoms with Gasteiger partial charge in [-0.15, -0.1) is 0 Å². The summed E-state index contributed by atoms with van der Waals surface area (Å²) in [7, 11) is 0. The fourth-order valence-electron chi connectivity index (χ4n) is 3.00. The third-order valence-electron chi connectivity index (χ3n) is 4.70. The van der Waals surface area contributed by atoms with Crippen LogP contribution in [-0.4, -0.2) is 24.5 Å². The van der Waals surface area contributed by atoms with Gasteiger partial charge in [-0.1, -0.05) is 49.9 Å². The van der Waals surface area contributed by atoms with Crippen LogP contribution >= 0.6 is 23.2 Å². The summed E-state index contributed by atoms with van der Waals surface area (Å²) in [5.74, 6) is -0.0705. The van der Waals surface area contributed by atoms with Crippen LogP contribution in [0.15, 0.2) is 12.1 Å². The van der Waals surface area contributed by atoms with Crippen LogP contribution in [0.4, 0.5) is 5.69 Å². The summed E-state index contributed by atoms with van der Waals surface area (Å²) in [5.41, 5.74) is 5.89. The van der Waals surface area contributed by atoms with Crippen molar-refractivity contribution in [3.05, 3.63) is 27.7 Å². The van der Waals surface area contributed by atoms with Crippen molar-refractivity contribution in [3.8, 4) is 0 Å². The molecule has 3 N–H and O–H groups in total. The van der Waals surface area contributed by atoms with Gasteiger partial charge in [0.15, 0.2) is 6.61 Å². The molecule has 1 aromatic carbocycles. The van der Waals surface area contributed by atoms with Gasteiger partial charge < -0.3 is 15.8 Å². The number of ether oxygens (including phenoxy) is 1. The molecule has 1 aliphatic carbocycles. The first-order valence-corrected chi connectivity index (χ1v) is 8.76. The first kappa shape index (κ1) is 18.9. The Morgan fingerprint density at radius 3 is 2.71 bits per heavy atom. The van der Waals surface area contributed by atoms with Crippen LogP contribution in [0.3, 0.4) is 0 Å². The molecule has 24 heavy (non-hydrogen) atoms. The van der Waals surface area contributed by atoms with Gasteiger partial charge in [-0.05, 0) is 30.4 Å². The maximum atomic E-state index is 12.1. The van der Waals surface area contributed by atoms with Crippen LogP contribution in [-0.2, 0) is 9.53 Å². The summed E-state index contributed by atoms with van der Waals surface area (Å²) in [6, 6.07) is 2.92. The molecule has 0 spiro atoms. The van der Waals surface area contributed by atoms with E-state index in [0.29, 0.717) is 11.8 Å². The Balaban J connectivity index is 1.91. The smallest absolute Gasteiger partial charge is 0.340 e. The van der Waals surface area contributed by atoms with E-state index in [4.69, 9.17) is 33.7 Å². The van der Waals surface area contributed by atoms with Gasteiger partial charge in [0.25, 0.3) is 5.91 Å². The predicted octanol–water partition coefficient (Wildman–Crippen LogP) is 3.67. The van der Waals surface area contributed by atoms with Gasteiger partial charge in [-0.25, -0.2) is 4.79 Å². The maximum Gasteiger partial charge on any atom is 0.340 e. The van der Waals surface area contributed by atoms with Crippen molar-refractivity contribution in [3.63, 3.8) is 0 Å². The SMILES string of the molecule is CC1CCCC(NC(=O)COC(=O)c2cc(Cl)cc(Cl)c2N)C1C. The molecule has 0 heterocycles. The first-order chi connectivity index (χ1) is 11.3. The monoisotopic (exact) mass is 372 g/mol. The lowest BCUT2D eigenvalue weighted by Crippen LogP contribution is -2.45. The van der Waals surface area contributed by atoms with Crippen molar-refractivity contribution in [2.24, 2.45) is 11.8 Å². The summed E-state index contributed by atoms with van der Waals surface area (Å²) < 4.78 is 5.04. The Morgan fingerprint density at radius 2 is 2.00 bits per heavy atom. The fraction of sp³-hybridized carbons (Fsp3) is 0.529. The van der Waals surface area contributed by atoms with Gasteiger partial charge in [0.1, 0.15) is 0 Å². The van der Waals surface area contributed by atoms with E-state index in [1.807, 2.05) is 0 Å². The van der Waals surface area contributed by atoms with Crippen LogP contribution in [0.1, 0.15) is 43.5 Å². The van der Waals surface area contributed by atoms with Crippen LogP contribution in [0.25, 0.3) is 0 Å². The van der Waals surface area contributed by atoms with Crippen molar-refractivity contribution < 1.29 is 14.3 Å². The Kier molecular flexibility index (Phi) is 6.35. The normalized spacial score (nSPS) is 23.6. The quantitative estimate of drug-likeness (QED) is 0.623. The van der Waals surface area contributed by atoms with Crippen molar-refractivity contribution in [1.29, 1.82) is 0 Å². The summed E-state index contributed by atoms with van der Waals surface area (Å²) in [6.07, 6.45) is 3.22. The van der Waals surface area contributed by atoms with Crippen molar-refractivity contribution >= 4 is 40.8 Å². The van der Waals surface area contributed by atoms with Gasteiger partial charge in [-0.2, -0.15) is 0 Å². The number of benzene rings is 1. The highest BCUT2D eigenvalue weighted by molar-refractivity contribution is 6.37. The number of esters is 1. The van der Waals surface area contributed by atoms with E-state index in [1.165, 1.54) is 18.6 Å². The zero-order valence-electron chi connectivity index (χ0n) is 13.8. The molecule has 7 heteroatoms. The fourth-order valence-corrected chi connectivity index (χ4v) is 3.49. The first-order valence-electron chi connectivity index (χ1n) is 8.00. The van der Waals surface area contributed by atoms with Crippen molar-refractivity contribution in [1.82, 2.24) is 5.32 Å². The minimum absolute atomic E-state index is 0.0555. The number of rotatable bonds is 4. The maximum absolute atomic E-state index is 12.1. The van der Waals surface area contributed by atoms with E-state index in [-0.39, 0.29) is 39.9 Å². The van der Waals surface area contributed by atoms with E-state index >= 15 is 0 Å². The number of carbonyl (C=O) groups is 2. The molecule has 1 amide bonds. The standard InChI is InChI=1S/C17H22Cl2N2O3/c1-9-4-3-5-14(10(9)2)21-15(22)8-24-17(23)12-6-11(18)7-13(19)16(12)20/h6-7,9-10,14H,3-5,8,20H2,1-2H3,(H,21,22). The van der Waals surface area contributed by atoms with Crippen molar-refractivity contribution in [2.75, 3.05) is 12.3 Å². The lowest BCUT2D eigenvalue weighted by molar-refractivity contribution is -0.125. The summed E-state index contributed by atoms with van der Waals surface area (Å²) in [6.45, 7) is 3.96. The Bertz CT molecular complexity index is 637. The predicted molar refractivity (Wildman–Crippen MR) is 95.3 cm³/mol. The van der Waals surface area contributed by atoms with Gasteiger partial charge in [-0.3, -0.25) is 4.79 Å². The molecular weight excluding hydrogens is 351 g/mol. The Labute approximate surface area is 151 Å². The van der Waals surface area contributed by atoms with Crippen molar-refractivity contribution in [2.45, 2.75) is 39.2 Å². The number of nitrogens with two attached hydrogens (primary N) is 1. The number of hydrogen-bond acceptors (Lipinski definition) is 4. The summed E-state index contributed by atoms with van der Waals surface area (Å²) >= 11 is 11.7. The lowest BCUT2D eigenvalue weighted by Gasteiger charge is -2.34. The highest BCUT2D eigenvalue weighted by Gasteiger charge is 2.28. The molecule has 1 saturated carbocycles. The topological polar surface area (TPSA) is 81.4 Å². The lowest BCUT2D eigenvalue weighted by atomic mass is 9.78. The van der Waals surface area contributed by atoms with E-state index < -0.39 is 5.97 Å². The number of halogens is 2. The van der Waals surface area contributed by atoms with Crippen LogP contribution < -0.4 is 11.1 Å². The second-order valence-corrected chi connectivity index (χ2v) is 7.21. The van der Waals surface area contributed by atoms with Gasteiger partial charge in [0.05, 0.1) is 16.3 Å². The molecule has 132 valence electrons. The average Bonchev–Trinajstić information content (AvgIpc) is 2.53. The summed E-state index contributed by atoms with van der Waals surface area (Å²) in [4.78, 5) is 24.1. The van der Waals surface area contributed by atoms with Crippen LogP contribution in [0, 0.1) is 11.8 Å². The molecular formula is C17H22Cl2N2O3. The second kappa shape index (κ2) is 8.08. The zero-order valence-corrected chi connectivity index (χ0v) is 15.3. The molecule has 3 unspecified atom stereocenters. The van der Waals surface area contributed by atoms with E-state index in [2.05, 4.69) is 19.2 Å². The third kappa shape index (κ3) is 4.54. The summed E-state index contributed by atoms with van der Waals surface area (Å²) in [5, 5.41) is 3.39. The van der Waals surface area contributed by atoms with Crippen LogP contribution in [0.2, 0.25) is 10.0 Å². The highest BCUT2D eigenvalue weighted by Crippen LogP contribution is 2.30. The average molecular weight is 373 g/mol. The molecule has 0 radical (unpaired) electrons. The van der Waals surface area contributed by atoms with Crippen LogP contribution in [0.5, 0.6) is 0 Å². The van der Waals surface area contributed by atoms with E-state index in [9.17, 15) is 9.59 Å². The molecule has 5 nitrogen and oxygen atoms in total. The van der Waals surface area contributed by atoms with Gasteiger partial charge >= 0.3 is 5.97 Å². The molecule has 1 aromatic rings. The minimum Gasteiger partial charge on any atom is -0.452 e. The van der Waals surface area contributed by atoms with E-state index in [0.717, 1.165) is 12.8 Å². The number of amides is 1. The number of nitrogens with one attached hydrogen (secondary N) is 1. The molecule has 0 bridgehead atoms. The number of anilines is 1. The second-order valence-electron chi connectivity index (χ2n) is 6.37. The molecule has 1 fully saturated rings. The number of carbonyl (C=O) groups excluding carboxylic acids is 2. The number of nitrogen functional groups attached to an aromatic ring is 1. The van der Waals surface area contributed by atoms with Gasteiger partial charge in [0.2, 0.25) is 0 Å². The van der Waals surface area contributed by atoms with E-state index in [1.54, 1.807) is 0 Å². The molecule has 0 aromatic heterocycles. The molecule has 3 atom stereocenters. The molecule has 0 saturated heterocycles. The molecule has 0 aliphatic heterocycles. The zero-order chi connectivity index (χ0) is 17.9. The third-order valence-corrected chi connectivity index (χ3v) is 5.23. The Hall–Kier alpha value is -1.46. The minimum atomic E-state index is -0.725. The van der Waals surface area contributed by atoms with Gasteiger partial charge in [0, 0.05) is 11.1 Å². The molecule has 2 rings (SSSR count). The number of hydrogen-bond donors (Lipinski definition) is 2. The highest BCUT2D eigenvalue weighted by atomic mass is 35.5.